The Balaban J connectivity index is 1.82. The molecule has 0 atom stereocenters. The van der Waals surface area contributed by atoms with E-state index in [9.17, 15) is 9.18 Å². The molecule has 0 saturated carbocycles. The van der Waals surface area contributed by atoms with Crippen LogP contribution in [0, 0.1) is 5.82 Å². The summed E-state index contributed by atoms with van der Waals surface area (Å²) < 4.78 is 13.7. The van der Waals surface area contributed by atoms with Crippen molar-refractivity contribution in [2.45, 2.75) is 6.42 Å². The topological polar surface area (TPSA) is 30.0 Å². The van der Waals surface area contributed by atoms with Gasteiger partial charge in [-0.3, -0.25) is 9.78 Å². The molecule has 0 unspecified atom stereocenters. The van der Waals surface area contributed by atoms with Crippen LogP contribution in [0.4, 0.5) is 4.39 Å². The Bertz CT molecular complexity index is 767. The molecule has 0 bridgehead atoms. The summed E-state index contributed by atoms with van der Waals surface area (Å²) >= 11 is 1.32. The number of halogens is 1. The number of hydrogen-bond acceptors (Lipinski definition) is 3. The highest BCUT2D eigenvalue weighted by molar-refractivity contribution is 7.17. The van der Waals surface area contributed by atoms with E-state index in [4.69, 9.17) is 0 Å². The van der Waals surface area contributed by atoms with Gasteiger partial charge in [-0.1, -0.05) is 24.3 Å². The van der Waals surface area contributed by atoms with Crippen LogP contribution in [0.1, 0.15) is 15.2 Å². The fourth-order valence-electron chi connectivity index (χ4n) is 2.07. The summed E-state index contributed by atoms with van der Waals surface area (Å²) in [6.45, 7) is 0. The molecule has 3 rings (SSSR count). The van der Waals surface area contributed by atoms with Gasteiger partial charge in [-0.05, 0) is 29.8 Å². The lowest BCUT2D eigenvalue weighted by Crippen LogP contribution is -2.01. The summed E-state index contributed by atoms with van der Waals surface area (Å²) in [5, 5.41) is 0. The van der Waals surface area contributed by atoms with Gasteiger partial charge in [0.05, 0.1) is 4.88 Å². The van der Waals surface area contributed by atoms with E-state index in [2.05, 4.69) is 4.98 Å². The summed E-state index contributed by atoms with van der Waals surface area (Å²) in [4.78, 5) is 17.6. The highest BCUT2D eigenvalue weighted by atomic mass is 32.1. The van der Waals surface area contributed by atoms with Gasteiger partial charge >= 0.3 is 0 Å². The zero-order valence-corrected chi connectivity index (χ0v) is 11.9. The van der Waals surface area contributed by atoms with Crippen LogP contribution in [0.5, 0.6) is 0 Å². The molecule has 3 aromatic rings. The highest BCUT2D eigenvalue weighted by Crippen LogP contribution is 2.30. The van der Waals surface area contributed by atoms with Crippen molar-refractivity contribution in [3.8, 4) is 10.4 Å². The number of nitrogens with zero attached hydrogens (tertiary/aromatic N) is 1. The molecule has 0 aliphatic carbocycles. The largest absolute Gasteiger partial charge is 0.293 e. The van der Waals surface area contributed by atoms with E-state index in [0.29, 0.717) is 16.9 Å². The van der Waals surface area contributed by atoms with Gasteiger partial charge in [0.15, 0.2) is 5.78 Å². The second-order valence-electron chi connectivity index (χ2n) is 4.60. The number of carbonyl (C=O) groups excluding carboxylic acids is 1. The number of Topliss-reactive ketones (excluding diaryl/α,β-unsaturated/α-hetero) is 1. The first-order valence-corrected chi connectivity index (χ1v) is 7.32. The predicted molar refractivity (Wildman–Crippen MR) is 82.0 cm³/mol. The molecule has 0 aliphatic heterocycles. The number of pyridine rings is 1. The van der Waals surface area contributed by atoms with E-state index in [1.165, 1.54) is 17.4 Å². The Morgan fingerprint density at radius 2 is 1.95 bits per heavy atom. The smallest absolute Gasteiger partial charge is 0.177 e. The van der Waals surface area contributed by atoms with Crippen molar-refractivity contribution in [3.05, 3.63) is 77.2 Å². The number of carbonyl (C=O) groups is 1. The van der Waals surface area contributed by atoms with Crippen molar-refractivity contribution >= 4 is 17.1 Å². The second-order valence-corrected chi connectivity index (χ2v) is 5.69. The number of benzene rings is 1. The molecule has 0 amide bonds. The van der Waals surface area contributed by atoms with Gasteiger partial charge < -0.3 is 0 Å². The number of rotatable bonds is 4. The lowest BCUT2D eigenvalue weighted by Gasteiger charge is -1.99. The minimum atomic E-state index is -0.273. The van der Waals surface area contributed by atoms with E-state index in [-0.39, 0.29) is 11.6 Å². The second kappa shape index (κ2) is 5.97. The van der Waals surface area contributed by atoms with Crippen molar-refractivity contribution in [3.63, 3.8) is 0 Å². The molecule has 2 aromatic heterocycles. The number of thiophene rings is 1. The first-order valence-electron chi connectivity index (χ1n) is 6.51. The summed E-state index contributed by atoms with van der Waals surface area (Å²) in [6, 6.07) is 13.8. The van der Waals surface area contributed by atoms with Gasteiger partial charge in [-0.25, -0.2) is 4.39 Å². The fraction of sp³-hybridized carbons (Fsp3) is 0.0588. The molecule has 0 saturated heterocycles. The molecule has 0 radical (unpaired) electrons. The van der Waals surface area contributed by atoms with Gasteiger partial charge in [0, 0.05) is 29.3 Å². The maximum atomic E-state index is 13.7. The Morgan fingerprint density at radius 1 is 1.10 bits per heavy atom. The minimum absolute atomic E-state index is 0.0237. The van der Waals surface area contributed by atoms with E-state index >= 15 is 0 Å². The monoisotopic (exact) mass is 297 g/mol. The molecule has 0 N–H and O–H groups in total. The lowest BCUT2D eigenvalue weighted by atomic mass is 10.1. The number of ketones is 1. The number of hydrogen-bond donors (Lipinski definition) is 0. The highest BCUT2D eigenvalue weighted by Gasteiger charge is 2.13. The molecule has 4 heteroatoms. The van der Waals surface area contributed by atoms with Gasteiger partial charge in [-0.15, -0.1) is 11.3 Å². The van der Waals surface area contributed by atoms with E-state index in [1.54, 1.807) is 42.7 Å². The number of aromatic nitrogens is 1. The zero-order chi connectivity index (χ0) is 14.7. The average molecular weight is 297 g/mol. The van der Waals surface area contributed by atoms with Crippen LogP contribution in [0.15, 0.2) is 60.9 Å². The third-order valence-corrected chi connectivity index (χ3v) is 4.27. The molecule has 21 heavy (non-hydrogen) atoms. The van der Waals surface area contributed by atoms with Crippen LogP contribution in [-0.4, -0.2) is 10.8 Å². The van der Waals surface area contributed by atoms with Gasteiger partial charge in [0.1, 0.15) is 5.82 Å². The molecule has 2 heterocycles. The summed E-state index contributed by atoms with van der Waals surface area (Å²) in [5.41, 5.74) is 1.41. The first-order chi connectivity index (χ1) is 10.2. The van der Waals surface area contributed by atoms with Crippen LogP contribution in [0.2, 0.25) is 0 Å². The Hall–Kier alpha value is -2.33. The quantitative estimate of drug-likeness (QED) is 0.669. The third-order valence-electron chi connectivity index (χ3n) is 3.11. The van der Waals surface area contributed by atoms with Crippen LogP contribution >= 0.6 is 11.3 Å². The first kappa shape index (κ1) is 13.6. The van der Waals surface area contributed by atoms with Crippen LogP contribution in [0.3, 0.4) is 0 Å². The van der Waals surface area contributed by atoms with Gasteiger partial charge in [0.25, 0.3) is 0 Å². The SMILES string of the molecule is O=C(Cc1cccnc1)c1ccc(-c2ccccc2F)s1. The zero-order valence-electron chi connectivity index (χ0n) is 11.1. The van der Waals surface area contributed by atoms with Gasteiger partial charge in [-0.2, -0.15) is 0 Å². The molecule has 1 aromatic carbocycles. The standard InChI is InChI=1S/C17H12FNOS/c18-14-6-2-1-5-13(14)16-7-8-17(21-16)15(20)10-12-4-3-9-19-11-12/h1-9,11H,10H2. The molecule has 2 nitrogen and oxygen atoms in total. The van der Waals surface area contributed by atoms with Crippen molar-refractivity contribution in [2.75, 3.05) is 0 Å². The average Bonchev–Trinajstić information content (AvgIpc) is 2.98. The molecule has 104 valence electrons. The van der Waals surface area contributed by atoms with Gasteiger partial charge in [0.2, 0.25) is 0 Å². The maximum absolute atomic E-state index is 13.7. The molecule has 0 fully saturated rings. The Kier molecular flexibility index (Phi) is 3.88. The van der Waals surface area contributed by atoms with Crippen molar-refractivity contribution in [1.82, 2.24) is 4.98 Å². The van der Waals surface area contributed by atoms with Crippen molar-refractivity contribution < 1.29 is 9.18 Å². The Labute approximate surface area is 125 Å². The van der Waals surface area contributed by atoms with Crippen molar-refractivity contribution in [1.29, 1.82) is 0 Å². The molecular weight excluding hydrogens is 285 g/mol. The van der Waals surface area contributed by atoms with Crippen molar-refractivity contribution in [2.24, 2.45) is 0 Å². The van der Waals surface area contributed by atoms with Crippen LogP contribution in [0.25, 0.3) is 10.4 Å². The summed E-state index contributed by atoms with van der Waals surface area (Å²) in [6.07, 6.45) is 3.67. The summed E-state index contributed by atoms with van der Waals surface area (Å²) in [7, 11) is 0. The predicted octanol–water partition coefficient (Wildman–Crippen LogP) is 4.37. The molecular formula is C17H12FNOS. The van der Waals surface area contributed by atoms with Crippen LogP contribution < -0.4 is 0 Å². The normalized spacial score (nSPS) is 10.5. The van der Waals surface area contributed by atoms with E-state index in [1.807, 2.05) is 12.1 Å². The van der Waals surface area contributed by atoms with E-state index in [0.717, 1.165) is 10.4 Å². The lowest BCUT2D eigenvalue weighted by molar-refractivity contribution is 0.0996. The fourth-order valence-corrected chi connectivity index (χ4v) is 3.04. The minimum Gasteiger partial charge on any atom is -0.293 e. The third kappa shape index (κ3) is 3.06. The summed E-state index contributed by atoms with van der Waals surface area (Å²) in [5.74, 6) is -0.249. The maximum Gasteiger partial charge on any atom is 0.177 e. The Morgan fingerprint density at radius 3 is 2.71 bits per heavy atom. The van der Waals surface area contributed by atoms with E-state index < -0.39 is 0 Å². The van der Waals surface area contributed by atoms with Crippen LogP contribution in [-0.2, 0) is 6.42 Å². The molecule has 0 spiro atoms. The molecule has 0 aliphatic rings.